The van der Waals surface area contributed by atoms with Gasteiger partial charge in [-0.15, -0.1) is 0 Å². The monoisotopic (exact) mass is 198 g/mol. The molecule has 0 aliphatic heterocycles. The fourth-order valence-electron chi connectivity index (χ4n) is 0.543. The zero-order chi connectivity index (χ0) is 9.99. The highest BCUT2D eigenvalue weighted by Gasteiger charge is 2.34. The first-order valence-corrected chi connectivity index (χ1v) is 4.32. The largest absolute Gasteiger partial charge is 0.467 e. The van der Waals surface area contributed by atoms with Crippen LogP contribution in [0.1, 0.15) is 13.8 Å². The van der Waals surface area contributed by atoms with Crippen molar-refractivity contribution in [2.24, 2.45) is 0 Å². The molecule has 0 saturated carbocycles. The maximum absolute atomic E-state index is 10.8. The molecule has 0 spiro atoms. The van der Waals surface area contributed by atoms with E-state index in [1.807, 2.05) is 0 Å². The van der Waals surface area contributed by atoms with E-state index < -0.39 is 22.0 Å². The molecule has 0 unspecified atom stereocenters. The van der Waals surface area contributed by atoms with Crippen molar-refractivity contribution >= 4 is 16.4 Å². The normalized spacial score (nSPS) is 12.7. The van der Waals surface area contributed by atoms with Crippen molar-refractivity contribution in [3.63, 3.8) is 0 Å². The van der Waals surface area contributed by atoms with Gasteiger partial charge in [0.05, 0.1) is 7.11 Å². The van der Waals surface area contributed by atoms with Crippen molar-refractivity contribution in [1.82, 2.24) is 0 Å². The minimum Gasteiger partial charge on any atom is -0.467 e. The van der Waals surface area contributed by atoms with Gasteiger partial charge in [-0.3, -0.25) is 4.55 Å². The van der Waals surface area contributed by atoms with Crippen LogP contribution in [0.25, 0.3) is 0 Å². The smallest absolute Gasteiger partial charge is 0.398 e. The van der Waals surface area contributed by atoms with Crippen LogP contribution in [0.4, 0.5) is 0 Å². The molecule has 0 aromatic rings. The number of rotatable bonds is 3. The number of esters is 1. The van der Waals surface area contributed by atoms with Gasteiger partial charge in [0.1, 0.15) is 0 Å². The summed E-state index contributed by atoms with van der Waals surface area (Å²) >= 11 is 0. The Kier molecular flexibility index (Phi) is 3.19. The topological polar surface area (TPSA) is 89.9 Å². The molecular weight excluding hydrogens is 188 g/mol. The van der Waals surface area contributed by atoms with E-state index >= 15 is 0 Å². The van der Waals surface area contributed by atoms with Gasteiger partial charge in [-0.05, 0) is 13.8 Å². The van der Waals surface area contributed by atoms with E-state index in [1.165, 1.54) is 0 Å². The summed E-state index contributed by atoms with van der Waals surface area (Å²) in [5, 5.41) is 0. The number of hydrogen-bond acceptors (Lipinski definition) is 5. The summed E-state index contributed by atoms with van der Waals surface area (Å²) in [6, 6.07) is 0. The standard InChI is InChI=1S/C5H10O6S/c1-5(2,4(6)10-3)11-12(7,8)9/h1-3H3,(H,7,8,9). The van der Waals surface area contributed by atoms with Gasteiger partial charge in [-0.25, -0.2) is 8.98 Å². The van der Waals surface area contributed by atoms with Crippen LogP contribution < -0.4 is 0 Å². The van der Waals surface area contributed by atoms with Crippen molar-refractivity contribution in [2.45, 2.75) is 19.4 Å². The summed E-state index contributed by atoms with van der Waals surface area (Å²) < 4.78 is 36.9. The first-order chi connectivity index (χ1) is 5.19. The summed E-state index contributed by atoms with van der Waals surface area (Å²) in [5.41, 5.74) is -1.71. The lowest BCUT2D eigenvalue weighted by Crippen LogP contribution is -2.37. The van der Waals surface area contributed by atoms with Gasteiger partial charge >= 0.3 is 16.4 Å². The zero-order valence-electron chi connectivity index (χ0n) is 6.90. The van der Waals surface area contributed by atoms with Gasteiger partial charge in [0.15, 0.2) is 5.60 Å². The Morgan fingerprint density at radius 1 is 1.42 bits per heavy atom. The highest BCUT2D eigenvalue weighted by molar-refractivity contribution is 7.81. The van der Waals surface area contributed by atoms with Gasteiger partial charge in [0.2, 0.25) is 0 Å². The second kappa shape index (κ2) is 3.38. The Bertz CT molecular complexity index is 264. The summed E-state index contributed by atoms with van der Waals surface area (Å²) in [6.45, 7) is 2.32. The maximum Gasteiger partial charge on any atom is 0.398 e. The average molecular weight is 198 g/mol. The first kappa shape index (κ1) is 11.3. The summed E-state index contributed by atoms with van der Waals surface area (Å²) in [7, 11) is -3.56. The minimum absolute atomic E-state index is 0.889. The van der Waals surface area contributed by atoms with Crippen LogP contribution in [0.3, 0.4) is 0 Å². The van der Waals surface area contributed by atoms with Crippen molar-refractivity contribution in [2.75, 3.05) is 7.11 Å². The molecule has 0 aliphatic carbocycles. The van der Waals surface area contributed by atoms with E-state index in [0.29, 0.717) is 0 Å². The van der Waals surface area contributed by atoms with E-state index in [4.69, 9.17) is 4.55 Å². The molecule has 0 saturated heterocycles. The molecule has 0 atom stereocenters. The first-order valence-electron chi connectivity index (χ1n) is 2.95. The lowest BCUT2D eigenvalue weighted by molar-refractivity contribution is -0.156. The Balaban J connectivity index is 4.54. The molecule has 0 amide bonds. The van der Waals surface area contributed by atoms with E-state index in [2.05, 4.69) is 8.92 Å². The van der Waals surface area contributed by atoms with Crippen molar-refractivity contribution in [3.05, 3.63) is 0 Å². The summed E-state index contributed by atoms with van der Waals surface area (Å²) in [6.07, 6.45) is 0. The van der Waals surface area contributed by atoms with Crippen molar-refractivity contribution in [3.8, 4) is 0 Å². The predicted octanol–water partition coefficient (Wildman–Crippen LogP) is -0.243. The highest BCUT2D eigenvalue weighted by Crippen LogP contribution is 2.13. The third-order valence-electron chi connectivity index (χ3n) is 0.991. The molecule has 0 aliphatic rings. The molecule has 0 rings (SSSR count). The molecule has 0 radical (unpaired) electrons. The molecule has 12 heavy (non-hydrogen) atoms. The third kappa shape index (κ3) is 3.65. The van der Waals surface area contributed by atoms with E-state index in [-0.39, 0.29) is 0 Å². The van der Waals surface area contributed by atoms with Gasteiger partial charge in [0, 0.05) is 0 Å². The van der Waals surface area contributed by atoms with E-state index in [9.17, 15) is 13.2 Å². The third-order valence-corrected chi connectivity index (χ3v) is 1.62. The number of hydrogen-bond donors (Lipinski definition) is 1. The maximum atomic E-state index is 10.8. The van der Waals surface area contributed by atoms with Crippen molar-refractivity contribution in [1.29, 1.82) is 0 Å². The predicted molar refractivity (Wildman–Crippen MR) is 38.7 cm³/mol. The molecule has 1 N–H and O–H groups in total. The molecule has 0 fully saturated rings. The molecule has 0 bridgehead atoms. The molecule has 7 heteroatoms. The lowest BCUT2D eigenvalue weighted by Gasteiger charge is -2.18. The second-order valence-corrected chi connectivity index (χ2v) is 3.54. The van der Waals surface area contributed by atoms with Gasteiger partial charge < -0.3 is 4.74 Å². The second-order valence-electron chi connectivity index (χ2n) is 2.51. The van der Waals surface area contributed by atoms with E-state index in [0.717, 1.165) is 21.0 Å². The van der Waals surface area contributed by atoms with Crippen LogP contribution in [0, 0.1) is 0 Å². The lowest BCUT2D eigenvalue weighted by atomic mass is 10.1. The number of carbonyl (C=O) groups excluding carboxylic acids is 1. The summed E-state index contributed by atoms with van der Waals surface area (Å²) in [5.74, 6) is -0.889. The van der Waals surface area contributed by atoms with Crippen LogP contribution in [0.2, 0.25) is 0 Å². The molecular formula is C5H10O6S. The van der Waals surface area contributed by atoms with Gasteiger partial charge in [-0.1, -0.05) is 0 Å². The summed E-state index contributed by atoms with van der Waals surface area (Å²) in [4.78, 5) is 10.8. The zero-order valence-corrected chi connectivity index (χ0v) is 7.71. The fraction of sp³-hybridized carbons (Fsp3) is 0.800. The number of methoxy groups -OCH3 is 1. The fourth-order valence-corrected chi connectivity index (χ4v) is 1.14. The molecule has 72 valence electrons. The number of ether oxygens (including phenoxy) is 1. The highest BCUT2D eigenvalue weighted by atomic mass is 32.3. The van der Waals surface area contributed by atoms with Gasteiger partial charge in [-0.2, -0.15) is 8.42 Å². The Morgan fingerprint density at radius 2 is 1.83 bits per heavy atom. The minimum atomic E-state index is -4.64. The van der Waals surface area contributed by atoms with Crippen LogP contribution in [-0.4, -0.2) is 31.7 Å². The van der Waals surface area contributed by atoms with Gasteiger partial charge in [0.25, 0.3) is 0 Å². The Morgan fingerprint density at radius 3 is 2.08 bits per heavy atom. The molecule has 0 aromatic heterocycles. The Labute approximate surface area is 70.4 Å². The Hall–Kier alpha value is -0.660. The van der Waals surface area contributed by atoms with Crippen LogP contribution in [0.15, 0.2) is 0 Å². The van der Waals surface area contributed by atoms with E-state index in [1.54, 1.807) is 0 Å². The van der Waals surface area contributed by atoms with Crippen LogP contribution in [0.5, 0.6) is 0 Å². The SMILES string of the molecule is COC(=O)C(C)(C)OS(=O)(=O)O. The quantitative estimate of drug-likeness (QED) is 0.497. The van der Waals surface area contributed by atoms with Crippen molar-refractivity contribution < 1.29 is 26.7 Å². The number of carbonyl (C=O) groups is 1. The molecule has 0 aromatic carbocycles. The van der Waals surface area contributed by atoms with Crippen LogP contribution >= 0.6 is 0 Å². The van der Waals surface area contributed by atoms with Crippen LogP contribution in [-0.2, 0) is 24.1 Å². The molecule has 0 heterocycles. The average Bonchev–Trinajstić information content (AvgIpc) is 1.80. The molecule has 6 nitrogen and oxygen atoms in total.